The number of nitrogens with zero attached hydrogens (tertiary/aromatic N) is 1. The third kappa shape index (κ3) is 1.21. The molecular formula is C10H12BrNO2. The average molecular weight is 258 g/mol. The van der Waals surface area contributed by atoms with Gasteiger partial charge < -0.3 is 9.32 Å². The number of carbonyl (C=O) groups excluding carboxylic acids is 1. The molecule has 0 spiro atoms. The molecule has 2 rings (SSSR count). The number of furan rings is 1. The molecule has 0 radical (unpaired) electrons. The smallest absolute Gasteiger partial charge is 0.233 e. The molecule has 0 fully saturated rings. The van der Waals surface area contributed by atoms with Gasteiger partial charge in [-0.05, 0) is 35.8 Å². The molecule has 0 aromatic carbocycles. The summed E-state index contributed by atoms with van der Waals surface area (Å²) in [5, 5.41) is 0. The lowest BCUT2D eigenvalue weighted by Crippen LogP contribution is -2.37. The zero-order valence-corrected chi connectivity index (χ0v) is 9.96. The highest BCUT2D eigenvalue weighted by atomic mass is 79.9. The number of halogens is 1. The Morgan fingerprint density at radius 1 is 1.50 bits per heavy atom. The minimum Gasteiger partial charge on any atom is -0.453 e. The van der Waals surface area contributed by atoms with Crippen LogP contribution in [0.4, 0.5) is 0 Å². The van der Waals surface area contributed by atoms with E-state index >= 15 is 0 Å². The van der Waals surface area contributed by atoms with Crippen LogP contribution < -0.4 is 0 Å². The summed E-state index contributed by atoms with van der Waals surface area (Å²) in [7, 11) is 1.83. The Kier molecular flexibility index (Phi) is 2.18. The Morgan fingerprint density at radius 2 is 2.14 bits per heavy atom. The molecule has 1 amide bonds. The second-order valence-electron chi connectivity index (χ2n) is 3.72. The Hall–Kier alpha value is -0.770. The first-order valence-corrected chi connectivity index (χ1v) is 5.37. The maximum atomic E-state index is 11.8. The summed E-state index contributed by atoms with van der Waals surface area (Å²) < 4.78 is 6.17. The highest BCUT2D eigenvalue weighted by molar-refractivity contribution is 9.10. The summed E-state index contributed by atoms with van der Waals surface area (Å²) in [5.74, 6) is 0.747. The van der Waals surface area contributed by atoms with Gasteiger partial charge in [0.1, 0.15) is 5.76 Å². The summed E-state index contributed by atoms with van der Waals surface area (Å²) in [5.41, 5.74) is 1.10. The van der Waals surface area contributed by atoms with Gasteiger partial charge in [-0.25, -0.2) is 0 Å². The van der Waals surface area contributed by atoms with Crippen LogP contribution >= 0.6 is 15.9 Å². The van der Waals surface area contributed by atoms with E-state index in [0.29, 0.717) is 4.67 Å². The number of amides is 1. The summed E-state index contributed by atoms with van der Waals surface area (Å²) in [6.45, 7) is 3.88. The Balaban J connectivity index is 2.55. The van der Waals surface area contributed by atoms with Gasteiger partial charge in [0.05, 0.1) is 12.0 Å². The Morgan fingerprint density at radius 3 is 2.79 bits per heavy atom. The number of rotatable bonds is 0. The molecule has 1 aromatic rings. The normalized spacial score (nSPS) is 26.6. The van der Waals surface area contributed by atoms with Crippen molar-refractivity contribution < 1.29 is 9.21 Å². The molecule has 0 N–H and O–H groups in total. The van der Waals surface area contributed by atoms with Crippen LogP contribution in [-0.2, 0) is 4.79 Å². The fourth-order valence-corrected chi connectivity index (χ4v) is 2.29. The van der Waals surface area contributed by atoms with E-state index in [1.165, 1.54) is 0 Å². The standard InChI is InChI=1S/C10H12BrNO2/c1-5-9-7(4-8(11)14-9)6(2)12(3)10(5)13/h4-6H,1-3H3. The van der Waals surface area contributed by atoms with E-state index < -0.39 is 0 Å². The van der Waals surface area contributed by atoms with Crippen LogP contribution in [0.3, 0.4) is 0 Å². The minimum absolute atomic E-state index is 0.101. The average Bonchev–Trinajstić information content (AvgIpc) is 2.54. The molecule has 2 heterocycles. The zero-order chi connectivity index (χ0) is 10.5. The highest BCUT2D eigenvalue weighted by Gasteiger charge is 2.35. The van der Waals surface area contributed by atoms with Crippen LogP contribution in [0.1, 0.15) is 37.1 Å². The van der Waals surface area contributed by atoms with Crippen LogP contribution in [0.2, 0.25) is 0 Å². The van der Waals surface area contributed by atoms with Crippen LogP contribution in [-0.4, -0.2) is 17.9 Å². The van der Waals surface area contributed by atoms with Gasteiger partial charge in [-0.15, -0.1) is 0 Å². The molecule has 4 heteroatoms. The molecule has 0 saturated heterocycles. The summed E-state index contributed by atoms with van der Waals surface area (Å²) in [6, 6.07) is 2.04. The van der Waals surface area contributed by atoms with Crippen LogP contribution in [0.25, 0.3) is 0 Å². The molecule has 76 valence electrons. The molecule has 0 aliphatic carbocycles. The van der Waals surface area contributed by atoms with Crippen molar-refractivity contribution in [2.75, 3.05) is 7.05 Å². The van der Waals surface area contributed by atoms with E-state index in [1.807, 2.05) is 27.0 Å². The van der Waals surface area contributed by atoms with Crippen molar-refractivity contribution >= 4 is 21.8 Å². The number of fused-ring (bicyclic) bond motifs is 1. The van der Waals surface area contributed by atoms with Gasteiger partial charge in [-0.2, -0.15) is 0 Å². The van der Waals surface area contributed by atoms with Crippen molar-refractivity contribution in [3.63, 3.8) is 0 Å². The Labute approximate surface area is 91.2 Å². The van der Waals surface area contributed by atoms with Crippen molar-refractivity contribution in [2.45, 2.75) is 25.8 Å². The first-order valence-electron chi connectivity index (χ1n) is 4.58. The van der Waals surface area contributed by atoms with Gasteiger partial charge >= 0.3 is 0 Å². The monoisotopic (exact) mass is 257 g/mol. The molecule has 2 unspecified atom stereocenters. The van der Waals surface area contributed by atoms with Crippen LogP contribution in [0, 0.1) is 0 Å². The lowest BCUT2D eigenvalue weighted by Gasteiger charge is -2.32. The quantitative estimate of drug-likeness (QED) is 0.716. The fourth-order valence-electron chi connectivity index (χ4n) is 1.87. The van der Waals surface area contributed by atoms with E-state index in [4.69, 9.17) is 4.42 Å². The summed E-state index contributed by atoms with van der Waals surface area (Å²) in [4.78, 5) is 13.5. The molecule has 1 aromatic heterocycles. The Bertz CT molecular complexity index is 385. The van der Waals surface area contributed by atoms with Gasteiger partial charge in [0.2, 0.25) is 5.91 Å². The summed E-state index contributed by atoms with van der Waals surface area (Å²) in [6.07, 6.45) is 0. The van der Waals surface area contributed by atoms with Crippen molar-refractivity contribution in [1.29, 1.82) is 0 Å². The molecule has 0 bridgehead atoms. The number of likely N-dealkylation sites (N-methyl/N-ethyl adjacent to an activating group) is 1. The lowest BCUT2D eigenvalue weighted by molar-refractivity contribution is -0.134. The van der Waals surface area contributed by atoms with Gasteiger partial charge in [0.25, 0.3) is 0 Å². The van der Waals surface area contributed by atoms with Crippen molar-refractivity contribution in [3.05, 3.63) is 22.1 Å². The summed E-state index contributed by atoms with van der Waals surface area (Å²) >= 11 is 3.29. The van der Waals surface area contributed by atoms with E-state index in [0.717, 1.165) is 11.3 Å². The van der Waals surface area contributed by atoms with Crippen molar-refractivity contribution in [1.82, 2.24) is 4.90 Å². The maximum absolute atomic E-state index is 11.8. The maximum Gasteiger partial charge on any atom is 0.233 e. The molecule has 2 atom stereocenters. The fraction of sp³-hybridized carbons (Fsp3) is 0.500. The predicted octanol–water partition coefficient (Wildman–Crippen LogP) is 2.68. The molecular weight excluding hydrogens is 246 g/mol. The second-order valence-corrected chi connectivity index (χ2v) is 4.50. The SMILES string of the molecule is CC1C(=O)N(C)C(C)c2cc(Br)oc21. The van der Waals surface area contributed by atoms with Gasteiger partial charge in [-0.3, -0.25) is 4.79 Å². The van der Waals surface area contributed by atoms with Gasteiger partial charge in [0.15, 0.2) is 4.67 Å². The van der Waals surface area contributed by atoms with Crippen LogP contribution in [0.15, 0.2) is 15.2 Å². The zero-order valence-electron chi connectivity index (χ0n) is 8.37. The van der Waals surface area contributed by atoms with Crippen molar-refractivity contribution in [2.24, 2.45) is 0 Å². The van der Waals surface area contributed by atoms with E-state index in [2.05, 4.69) is 15.9 Å². The van der Waals surface area contributed by atoms with Gasteiger partial charge in [-0.1, -0.05) is 0 Å². The van der Waals surface area contributed by atoms with Crippen molar-refractivity contribution in [3.8, 4) is 0 Å². The molecule has 0 saturated carbocycles. The van der Waals surface area contributed by atoms with E-state index in [-0.39, 0.29) is 17.9 Å². The first kappa shape index (κ1) is 9.77. The second kappa shape index (κ2) is 3.12. The number of hydrogen-bond donors (Lipinski definition) is 0. The topological polar surface area (TPSA) is 33.5 Å². The van der Waals surface area contributed by atoms with Gasteiger partial charge in [0, 0.05) is 12.6 Å². The molecule has 14 heavy (non-hydrogen) atoms. The molecule has 3 nitrogen and oxygen atoms in total. The predicted molar refractivity (Wildman–Crippen MR) is 56.0 cm³/mol. The van der Waals surface area contributed by atoms with E-state index in [1.54, 1.807) is 4.90 Å². The third-order valence-corrected chi connectivity index (χ3v) is 3.29. The number of carbonyl (C=O) groups is 1. The highest BCUT2D eigenvalue weighted by Crippen LogP contribution is 2.38. The lowest BCUT2D eigenvalue weighted by atomic mass is 9.93. The number of hydrogen-bond acceptors (Lipinski definition) is 2. The van der Waals surface area contributed by atoms with Crippen LogP contribution in [0.5, 0.6) is 0 Å². The minimum atomic E-state index is -0.169. The first-order chi connectivity index (χ1) is 6.52. The third-order valence-electron chi connectivity index (χ3n) is 2.90. The largest absolute Gasteiger partial charge is 0.453 e. The van der Waals surface area contributed by atoms with E-state index in [9.17, 15) is 4.79 Å². The molecule has 1 aliphatic rings. The molecule has 1 aliphatic heterocycles.